The number of aromatic nitrogens is 2. The highest BCUT2D eigenvalue weighted by Gasteiger charge is 2.42. The van der Waals surface area contributed by atoms with Crippen molar-refractivity contribution in [2.45, 2.75) is 44.6 Å². The molecule has 5 nitrogen and oxygen atoms in total. The van der Waals surface area contributed by atoms with Gasteiger partial charge < -0.3 is 19.8 Å². The van der Waals surface area contributed by atoms with E-state index in [0.29, 0.717) is 6.04 Å². The molecule has 1 aromatic heterocycles. The van der Waals surface area contributed by atoms with Crippen LogP contribution in [0.15, 0.2) is 24.3 Å². The molecule has 1 heterocycles. The number of methoxy groups -OCH3 is 1. The average molecular weight is 289 g/mol. The molecule has 114 valence electrons. The molecule has 0 amide bonds. The summed E-state index contributed by atoms with van der Waals surface area (Å²) in [5.41, 5.74) is 2.08. The SMILES string of the molecule is CCOC1CC(NC(C)c2nc3ccccc3[nH]2)C1OC. The first kappa shape index (κ1) is 14.5. The number of rotatable bonds is 6. The molecule has 0 radical (unpaired) electrons. The van der Waals surface area contributed by atoms with Crippen LogP contribution in [0.1, 0.15) is 32.1 Å². The number of fused-ring (bicyclic) bond motifs is 1. The monoisotopic (exact) mass is 289 g/mol. The third-order valence-corrected chi connectivity index (χ3v) is 4.18. The second kappa shape index (κ2) is 6.13. The van der Waals surface area contributed by atoms with Gasteiger partial charge in [-0.25, -0.2) is 4.98 Å². The molecule has 1 fully saturated rings. The van der Waals surface area contributed by atoms with Gasteiger partial charge in [0, 0.05) is 19.8 Å². The smallest absolute Gasteiger partial charge is 0.124 e. The fourth-order valence-electron chi connectivity index (χ4n) is 3.02. The number of para-hydroxylation sites is 2. The van der Waals surface area contributed by atoms with E-state index < -0.39 is 0 Å². The molecule has 0 saturated heterocycles. The predicted octanol–water partition coefficient (Wildman–Crippen LogP) is 2.41. The van der Waals surface area contributed by atoms with E-state index in [-0.39, 0.29) is 18.2 Å². The average Bonchev–Trinajstić information content (AvgIpc) is 2.90. The first-order valence-corrected chi connectivity index (χ1v) is 7.58. The summed E-state index contributed by atoms with van der Waals surface area (Å²) in [7, 11) is 1.75. The highest BCUT2D eigenvalue weighted by atomic mass is 16.5. The molecule has 5 heteroatoms. The number of aromatic amines is 1. The van der Waals surface area contributed by atoms with Crippen molar-refractivity contribution in [1.82, 2.24) is 15.3 Å². The molecular weight excluding hydrogens is 266 g/mol. The molecule has 4 unspecified atom stereocenters. The van der Waals surface area contributed by atoms with E-state index in [4.69, 9.17) is 9.47 Å². The Balaban J connectivity index is 1.65. The molecule has 1 aromatic carbocycles. The van der Waals surface area contributed by atoms with Crippen LogP contribution < -0.4 is 5.32 Å². The third kappa shape index (κ3) is 2.81. The molecular formula is C16H23N3O2. The number of imidazole rings is 1. The topological polar surface area (TPSA) is 59.2 Å². The molecule has 1 aliphatic rings. The Bertz CT molecular complexity index is 565. The van der Waals surface area contributed by atoms with Crippen LogP contribution in [-0.4, -0.2) is 41.9 Å². The summed E-state index contributed by atoms with van der Waals surface area (Å²) in [6, 6.07) is 8.56. The van der Waals surface area contributed by atoms with Crippen molar-refractivity contribution in [2.75, 3.05) is 13.7 Å². The van der Waals surface area contributed by atoms with Crippen molar-refractivity contribution in [3.8, 4) is 0 Å². The van der Waals surface area contributed by atoms with Crippen molar-refractivity contribution < 1.29 is 9.47 Å². The molecule has 3 rings (SSSR count). The van der Waals surface area contributed by atoms with Gasteiger partial charge in [0.1, 0.15) is 5.82 Å². The predicted molar refractivity (Wildman–Crippen MR) is 82.3 cm³/mol. The Morgan fingerprint density at radius 1 is 1.43 bits per heavy atom. The maximum absolute atomic E-state index is 5.66. The Morgan fingerprint density at radius 2 is 2.24 bits per heavy atom. The van der Waals surface area contributed by atoms with Crippen molar-refractivity contribution in [3.63, 3.8) is 0 Å². The number of hydrogen-bond acceptors (Lipinski definition) is 4. The summed E-state index contributed by atoms with van der Waals surface area (Å²) in [6.07, 6.45) is 1.31. The summed E-state index contributed by atoms with van der Waals surface area (Å²) < 4.78 is 11.2. The zero-order valence-corrected chi connectivity index (χ0v) is 12.8. The fourth-order valence-corrected chi connectivity index (χ4v) is 3.02. The first-order valence-electron chi connectivity index (χ1n) is 7.58. The number of hydrogen-bond donors (Lipinski definition) is 2. The fraction of sp³-hybridized carbons (Fsp3) is 0.562. The number of nitrogens with zero attached hydrogens (tertiary/aromatic N) is 1. The van der Waals surface area contributed by atoms with E-state index in [0.717, 1.165) is 29.9 Å². The van der Waals surface area contributed by atoms with Gasteiger partial charge in [0.05, 0.1) is 29.3 Å². The van der Waals surface area contributed by atoms with Crippen LogP contribution in [0.25, 0.3) is 11.0 Å². The molecule has 0 spiro atoms. The van der Waals surface area contributed by atoms with Crippen LogP contribution in [0.4, 0.5) is 0 Å². The molecule has 4 atom stereocenters. The van der Waals surface area contributed by atoms with E-state index in [2.05, 4.69) is 22.2 Å². The second-order valence-electron chi connectivity index (χ2n) is 5.56. The lowest BCUT2D eigenvalue weighted by molar-refractivity contribution is -0.133. The van der Waals surface area contributed by atoms with Gasteiger partial charge in [0.2, 0.25) is 0 Å². The normalized spacial score (nSPS) is 26.7. The van der Waals surface area contributed by atoms with E-state index in [1.165, 1.54) is 0 Å². The van der Waals surface area contributed by atoms with Gasteiger partial charge in [-0.15, -0.1) is 0 Å². The summed E-state index contributed by atoms with van der Waals surface area (Å²) >= 11 is 0. The Morgan fingerprint density at radius 3 is 2.95 bits per heavy atom. The van der Waals surface area contributed by atoms with E-state index in [1.807, 2.05) is 31.2 Å². The lowest BCUT2D eigenvalue weighted by Gasteiger charge is -2.44. The summed E-state index contributed by atoms with van der Waals surface area (Å²) in [5.74, 6) is 0.964. The van der Waals surface area contributed by atoms with Crippen molar-refractivity contribution in [3.05, 3.63) is 30.1 Å². The van der Waals surface area contributed by atoms with Crippen molar-refractivity contribution in [2.24, 2.45) is 0 Å². The Kier molecular flexibility index (Phi) is 4.24. The molecule has 1 saturated carbocycles. The maximum atomic E-state index is 5.66. The number of ether oxygens (including phenoxy) is 2. The maximum Gasteiger partial charge on any atom is 0.124 e. The lowest BCUT2D eigenvalue weighted by atomic mass is 9.84. The summed E-state index contributed by atoms with van der Waals surface area (Å²) in [5, 5.41) is 3.58. The van der Waals surface area contributed by atoms with E-state index in [9.17, 15) is 0 Å². The van der Waals surface area contributed by atoms with E-state index in [1.54, 1.807) is 7.11 Å². The van der Waals surface area contributed by atoms with Gasteiger partial charge in [-0.05, 0) is 32.4 Å². The molecule has 1 aliphatic carbocycles. The number of benzene rings is 1. The molecule has 2 aromatic rings. The Labute approximate surface area is 125 Å². The largest absolute Gasteiger partial charge is 0.377 e. The third-order valence-electron chi connectivity index (χ3n) is 4.18. The van der Waals surface area contributed by atoms with Crippen molar-refractivity contribution >= 4 is 11.0 Å². The molecule has 21 heavy (non-hydrogen) atoms. The van der Waals surface area contributed by atoms with E-state index >= 15 is 0 Å². The van der Waals surface area contributed by atoms with Crippen LogP contribution in [0.2, 0.25) is 0 Å². The van der Waals surface area contributed by atoms with Crippen LogP contribution in [0.3, 0.4) is 0 Å². The van der Waals surface area contributed by atoms with Gasteiger partial charge in [-0.3, -0.25) is 0 Å². The van der Waals surface area contributed by atoms with Crippen LogP contribution in [0.5, 0.6) is 0 Å². The molecule has 0 bridgehead atoms. The second-order valence-corrected chi connectivity index (χ2v) is 5.56. The van der Waals surface area contributed by atoms with Crippen LogP contribution >= 0.6 is 0 Å². The standard InChI is InChI=1S/C16H23N3O2/c1-4-21-14-9-13(15(14)20-3)17-10(2)16-18-11-7-5-6-8-12(11)19-16/h5-8,10,13-15,17H,4,9H2,1-3H3,(H,18,19). The van der Waals surface area contributed by atoms with Crippen LogP contribution in [0, 0.1) is 0 Å². The van der Waals surface area contributed by atoms with Gasteiger partial charge in [0.15, 0.2) is 0 Å². The minimum Gasteiger partial charge on any atom is -0.377 e. The zero-order valence-electron chi connectivity index (χ0n) is 12.8. The Hall–Kier alpha value is -1.43. The lowest BCUT2D eigenvalue weighted by Crippen LogP contribution is -2.60. The van der Waals surface area contributed by atoms with Crippen LogP contribution in [-0.2, 0) is 9.47 Å². The van der Waals surface area contributed by atoms with Gasteiger partial charge >= 0.3 is 0 Å². The quantitative estimate of drug-likeness (QED) is 0.857. The number of H-pyrrole nitrogens is 1. The minimum atomic E-state index is 0.122. The zero-order chi connectivity index (χ0) is 14.8. The van der Waals surface area contributed by atoms with Gasteiger partial charge in [-0.2, -0.15) is 0 Å². The van der Waals surface area contributed by atoms with Gasteiger partial charge in [0.25, 0.3) is 0 Å². The highest BCUT2D eigenvalue weighted by molar-refractivity contribution is 5.74. The summed E-state index contributed by atoms with van der Waals surface area (Å²) in [4.78, 5) is 8.01. The highest BCUT2D eigenvalue weighted by Crippen LogP contribution is 2.29. The summed E-state index contributed by atoms with van der Waals surface area (Å²) in [6.45, 7) is 4.87. The van der Waals surface area contributed by atoms with Gasteiger partial charge in [-0.1, -0.05) is 12.1 Å². The first-order chi connectivity index (χ1) is 10.2. The molecule has 0 aliphatic heterocycles. The minimum absolute atomic E-state index is 0.122. The van der Waals surface area contributed by atoms with Crippen molar-refractivity contribution in [1.29, 1.82) is 0 Å². The number of nitrogens with one attached hydrogen (secondary N) is 2. The molecule has 2 N–H and O–H groups in total.